The SMILES string of the molecule is CC(C)CCC(=O)O[C@@H]1CC[C@@]2(C)C(=CC[C@H]3[C@@H]4CC[C@H](O)[C@@]4(C)CC[C@@H]32)C1. The minimum Gasteiger partial charge on any atom is -0.462 e. The third-order valence-electron chi connectivity index (χ3n) is 9.23. The van der Waals surface area contributed by atoms with Gasteiger partial charge in [-0.1, -0.05) is 39.3 Å². The van der Waals surface area contributed by atoms with E-state index in [9.17, 15) is 9.90 Å². The molecule has 4 aliphatic rings. The smallest absolute Gasteiger partial charge is 0.306 e. The lowest BCUT2D eigenvalue weighted by molar-refractivity contribution is -0.151. The molecule has 0 aromatic carbocycles. The molecule has 4 aliphatic carbocycles. The maximum absolute atomic E-state index is 12.2. The van der Waals surface area contributed by atoms with Gasteiger partial charge in [0.05, 0.1) is 6.10 Å². The molecule has 0 bridgehead atoms. The van der Waals surface area contributed by atoms with E-state index in [-0.39, 0.29) is 29.0 Å². The number of aliphatic hydroxyl groups excluding tert-OH is 1. The molecule has 158 valence electrons. The molecule has 0 aromatic rings. The molecule has 7 atom stereocenters. The van der Waals surface area contributed by atoms with Crippen LogP contribution in [0.3, 0.4) is 0 Å². The summed E-state index contributed by atoms with van der Waals surface area (Å²) in [6, 6.07) is 0. The van der Waals surface area contributed by atoms with E-state index in [1.165, 1.54) is 19.3 Å². The fraction of sp³-hybridized carbons (Fsp3) is 0.880. The van der Waals surface area contributed by atoms with E-state index in [0.29, 0.717) is 18.3 Å². The van der Waals surface area contributed by atoms with Crippen molar-refractivity contribution in [1.29, 1.82) is 0 Å². The number of fused-ring (bicyclic) bond motifs is 5. The molecular weight excluding hydrogens is 348 g/mol. The van der Waals surface area contributed by atoms with Crippen molar-refractivity contribution in [2.45, 2.75) is 104 Å². The predicted molar refractivity (Wildman–Crippen MR) is 112 cm³/mol. The lowest BCUT2D eigenvalue weighted by Crippen LogP contribution is -2.51. The normalized spacial score (nSPS) is 45.1. The lowest BCUT2D eigenvalue weighted by Gasteiger charge is -2.57. The first kappa shape index (κ1) is 20.4. The van der Waals surface area contributed by atoms with Crippen LogP contribution in [0, 0.1) is 34.5 Å². The van der Waals surface area contributed by atoms with Gasteiger partial charge in [0, 0.05) is 12.8 Å². The van der Waals surface area contributed by atoms with Crippen molar-refractivity contribution in [3.8, 4) is 0 Å². The first-order valence-electron chi connectivity index (χ1n) is 11.8. The van der Waals surface area contributed by atoms with E-state index in [0.717, 1.165) is 50.4 Å². The number of rotatable bonds is 4. The van der Waals surface area contributed by atoms with Crippen LogP contribution in [0.5, 0.6) is 0 Å². The van der Waals surface area contributed by atoms with E-state index in [1.807, 2.05) is 0 Å². The highest BCUT2D eigenvalue weighted by Crippen LogP contribution is 2.64. The third-order valence-corrected chi connectivity index (χ3v) is 9.23. The van der Waals surface area contributed by atoms with Crippen LogP contribution in [0.2, 0.25) is 0 Å². The van der Waals surface area contributed by atoms with Crippen LogP contribution in [-0.2, 0) is 9.53 Å². The zero-order valence-electron chi connectivity index (χ0n) is 18.4. The molecule has 0 amide bonds. The van der Waals surface area contributed by atoms with Crippen molar-refractivity contribution >= 4 is 5.97 Å². The predicted octanol–water partition coefficient (Wildman–Crippen LogP) is 5.66. The number of carbonyl (C=O) groups excluding carboxylic acids is 1. The summed E-state index contributed by atoms with van der Waals surface area (Å²) >= 11 is 0. The highest BCUT2D eigenvalue weighted by Gasteiger charge is 2.58. The van der Waals surface area contributed by atoms with Crippen LogP contribution in [0.1, 0.15) is 91.9 Å². The van der Waals surface area contributed by atoms with Crippen molar-refractivity contribution in [2.24, 2.45) is 34.5 Å². The van der Waals surface area contributed by atoms with E-state index in [1.54, 1.807) is 5.57 Å². The van der Waals surface area contributed by atoms with Gasteiger partial charge in [-0.15, -0.1) is 0 Å². The minimum atomic E-state index is -0.0994. The van der Waals surface area contributed by atoms with E-state index < -0.39 is 0 Å². The molecule has 4 rings (SSSR count). The van der Waals surface area contributed by atoms with Gasteiger partial charge in [0.2, 0.25) is 0 Å². The van der Waals surface area contributed by atoms with Crippen molar-refractivity contribution in [3.63, 3.8) is 0 Å². The first-order chi connectivity index (χ1) is 13.2. The molecule has 0 radical (unpaired) electrons. The number of hydrogen-bond acceptors (Lipinski definition) is 3. The Labute approximate surface area is 171 Å². The molecule has 3 heteroatoms. The maximum atomic E-state index is 12.2. The number of esters is 1. The Hall–Kier alpha value is -0.830. The second kappa shape index (κ2) is 7.45. The molecular formula is C25H40O3. The average Bonchev–Trinajstić information content (AvgIpc) is 2.95. The second-order valence-corrected chi connectivity index (χ2v) is 11.2. The van der Waals surface area contributed by atoms with Crippen molar-refractivity contribution < 1.29 is 14.6 Å². The Morgan fingerprint density at radius 2 is 1.96 bits per heavy atom. The molecule has 3 fully saturated rings. The van der Waals surface area contributed by atoms with Crippen LogP contribution in [0.4, 0.5) is 0 Å². The molecule has 3 nitrogen and oxygen atoms in total. The standard InChI is InChI=1S/C25H40O3/c1-16(2)5-10-23(27)28-18-11-13-24(3)17(15-18)6-7-19-20-8-9-22(26)25(20,4)14-12-21(19)24/h6,16,18-22,26H,5,7-15H2,1-4H3/t18-,19+,20+,21+,22+,24+,25+/m1/s1. The largest absolute Gasteiger partial charge is 0.462 e. The molecule has 0 aromatic heterocycles. The van der Waals surface area contributed by atoms with Gasteiger partial charge in [0.1, 0.15) is 6.10 Å². The van der Waals surface area contributed by atoms with E-state index >= 15 is 0 Å². The number of ether oxygens (including phenoxy) is 1. The first-order valence-corrected chi connectivity index (χ1v) is 11.8. The third kappa shape index (κ3) is 3.36. The number of carbonyl (C=O) groups is 1. The Bertz CT molecular complexity index is 638. The molecule has 0 unspecified atom stereocenters. The van der Waals surface area contributed by atoms with Gasteiger partial charge in [-0.25, -0.2) is 0 Å². The van der Waals surface area contributed by atoms with Gasteiger partial charge in [-0.2, -0.15) is 0 Å². The summed E-state index contributed by atoms with van der Waals surface area (Å²) < 4.78 is 5.86. The van der Waals surface area contributed by atoms with Gasteiger partial charge < -0.3 is 9.84 Å². The quantitative estimate of drug-likeness (QED) is 0.499. The van der Waals surface area contributed by atoms with Gasteiger partial charge in [0.25, 0.3) is 0 Å². The lowest BCUT2D eigenvalue weighted by atomic mass is 9.48. The summed E-state index contributed by atoms with van der Waals surface area (Å²) in [7, 11) is 0. The highest BCUT2D eigenvalue weighted by atomic mass is 16.5. The van der Waals surface area contributed by atoms with E-state index in [4.69, 9.17) is 4.74 Å². The Kier molecular flexibility index (Phi) is 5.44. The summed E-state index contributed by atoms with van der Waals surface area (Å²) in [5, 5.41) is 10.6. The van der Waals surface area contributed by atoms with E-state index in [2.05, 4.69) is 33.8 Å². The summed E-state index contributed by atoms with van der Waals surface area (Å²) in [5.74, 6) is 2.70. The summed E-state index contributed by atoms with van der Waals surface area (Å²) in [6.45, 7) is 9.14. The molecule has 28 heavy (non-hydrogen) atoms. The summed E-state index contributed by atoms with van der Waals surface area (Å²) in [5.41, 5.74) is 1.98. The highest BCUT2D eigenvalue weighted by molar-refractivity contribution is 5.69. The van der Waals surface area contributed by atoms with Crippen LogP contribution in [-0.4, -0.2) is 23.3 Å². The van der Waals surface area contributed by atoms with Crippen molar-refractivity contribution in [3.05, 3.63) is 11.6 Å². The number of allylic oxidation sites excluding steroid dienone is 1. The van der Waals surface area contributed by atoms with Gasteiger partial charge in [-0.05, 0) is 85.9 Å². The molecule has 0 heterocycles. The molecule has 3 saturated carbocycles. The fourth-order valence-corrected chi connectivity index (χ4v) is 7.35. The summed E-state index contributed by atoms with van der Waals surface area (Å²) in [4.78, 5) is 12.2. The van der Waals surface area contributed by atoms with Crippen LogP contribution < -0.4 is 0 Å². The molecule has 1 N–H and O–H groups in total. The Morgan fingerprint density at radius 3 is 2.71 bits per heavy atom. The van der Waals surface area contributed by atoms with Crippen LogP contribution in [0.25, 0.3) is 0 Å². The van der Waals surface area contributed by atoms with Crippen LogP contribution in [0.15, 0.2) is 11.6 Å². The average molecular weight is 389 g/mol. The molecule has 0 aliphatic heterocycles. The van der Waals surface area contributed by atoms with Crippen LogP contribution >= 0.6 is 0 Å². The maximum Gasteiger partial charge on any atom is 0.306 e. The molecule has 0 saturated heterocycles. The van der Waals surface area contributed by atoms with Crippen molar-refractivity contribution in [1.82, 2.24) is 0 Å². The monoisotopic (exact) mass is 388 g/mol. The molecule has 0 spiro atoms. The second-order valence-electron chi connectivity index (χ2n) is 11.2. The van der Waals surface area contributed by atoms with Gasteiger partial charge >= 0.3 is 5.97 Å². The summed E-state index contributed by atoms with van der Waals surface area (Å²) in [6.07, 6.45) is 12.8. The van der Waals surface area contributed by atoms with Gasteiger partial charge in [-0.3, -0.25) is 4.79 Å². The Morgan fingerprint density at radius 1 is 1.18 bits per heavy atom. The number of hydrogen-bond donors (Lipinski definition) is 1. The zero-order chi connectivity index (χ0) is 20.1. The minimum absolute atomic E-state index is 0.00929. The topological polar surface area (TPSA) is 46.5 Å². The Balaban J connectivity index is 1.44. The van der Waals surface area contributed by atoms with Crippen molar-refractivity contribution in [2.75, 3.05) is 0 Å². The van der Waals surface area contributed by atoms with Gasteiger partial charge in [0.15, 0.2) is 0 Å². The fourth-order valence-electron chi connectivity index (χ4n) is 7.35. The number of aliphatic hydroxyl groups is 1. The zero-order valence-corrected chi connectivity index (χ0v) is 18.4.